The van der Waals surface area contributed by atoms with E-state index in [2.05, 4.69) is 43.2 Å². The summed E-state index contributed by atoms with van der Waals surface area (Å²) in [5.41, 5.74) is 3.32. The van der Waals surface area contributed by atoms with Crippen molar-refractivity contribution in [3.8, 4) is 0 Å². The lowest BCUT2D eigenvalue weighted by Gasteiger charge is -2.12. The van der Waals surface area contributed by atoms with Gasteiger partial charge in [0.1, 0.15) is 0 Å². The first kappa shape index (κ1) is 14.8. The van der Waals surface area contributed by atoms with E-state index in [0.29, 0.717) is 10.2 Å². The molecule has 0 amide bonds. The number of hydrogen-bond acceptors (Lipinski definition) is 4. The van der Waals surface area contributed by atoms with Gasteiger partial charge in [0.25, 0.3) is 0 Å². The van der Waals surface area contributed by atoms with E-state index in [-0.39, 0.29) is 5.12 Å². The summed E-state index contributed by atoms with van der Waals surface area (Å²) in [6.45, 7) is 7.58. The molecule has 1 aromatic rings. The summed E-state index contributed by atoms with van der Waals surface area (Å²) in [6, 6.07) is 8.48. The Morgan fingerprint density at radius 1 is 1.42 bits per heavy atom. The molecule has 0 aliphatic carbocycles. The maximum absolute atomic E-state index is 11.5. The molecule has 1 unspecified atom stereocenters. The second kappa shape index (κ2) is 6.73. The second-order valence-corrected chi connectivity index (χ2v) is 7.84. The smallest absolute Gasteiger partial charge is 0.214 e. The SMILES string of the molecule is C=C(C)C(=O)SCC1=CSC(c2ccccc2C)S1. The summed E-state index contributed by atoms with van der Waals surface area (Å²) in [7, 11) is 0. The highest BCUT2D eigenvalue weighted by Crippen LogP contribution is 2.52. The number of hydrogen-bond donors (Lipinski definition) is 0. The van der Waals surface area contributed by atoms with Crippen LogP contribution in [0.2, 0.25) is 0 Å². The van der Waals surface area contributed by atoms with E-state index in [1.54, 1.807) is 6.92 Å². The first-order valence-electron chi connectivity index (χ1n) is 5.97. The summed E-state index contributed by atoms with van der Waals surface area (Å²) in [6.07, 6.45) is 0. The molecule has 1 aromatic carbocycles. The molecule has 1 nitrogen and oxygen atoms in total. The Kier molecular flexibility index (Phi) is 5.25. The summed E-state index contributed by atoms with van der Waals surface area (Å²) in [5, 5.41) is 2.27. The van der Waals surface area contributed by atoms with E-state index in [9.17, 15) is 4.79 Å². The number of benzene rings is 1. The van der Waals surface area contributed by atoms with Crippen molar-refractivity contribution >= 4 is 40.4 Å². The van der Waals surface area contributed by atoms with Gasteiger partial charge in [-0.25, -0.2) is 0 Å². The summed E-state index contributed by atoms with van der Waals surface area (Å²) in [5.74, 6) is 0.756. The first-order valence-corrected chi connectivity index (χ1v) is 8.78. The van der Waals surface area contributed by atoms with E-state index in [0.717, 1.165) is 5.75 Å². The predicted molar refractivity (Wildman–Crippen MR) is 89.5 cm³/mol. The molecule has 100 valence electrons. The van der Waals surface area contributed by atoms with E-state index < -0.39 is 0 Å². The van der Waals surface area contributed by atoms with Crippen LogP contribution in [-0.4, -0.2) is 10.9 Å². The van der Waals surface area contributed by atoms with Crippen LogP contribution < -0.4 is 0 Å². The average Bonchev–Trinajstić information content (AvgIpc) is 2.85. The number of carbonyl (C=O) groups excluding carboxylic acids is 1. The molecule has 4 heteroatoms. The largest absolute Gasteiger partial charge is 0.282 e. The topological polar surface area (TPSA) is 17.1 Å². The van der Waals surface area contributed by atoms with Crippen LogP contribution in [-0.2, 0) is 4.79 Å². The highest BCUT2D eigenvalue weighted by Gasteiger charge is 2.22. The quantitative estimate of drug-likeness (QED) is 0.715. The maximum atomic E-state index is 11.5. The van der Waals surface area contributed by atoms with Crippen molar-refractivity contribution in [3.63, 3.8) is 0 Å². The Bertz CT molecular complexity index is 534. The molecular formula is C15H16OS3. The fraction of sp³-hybridized carbons (Fsp3) is 0.267. The predicted octanol–water partition coefficient (Wildman–Crippen LogP) is 5.15. The van der Waals surface area contributed by atoms with Crippen molar-refractivity contribution in [2.24, 2.45) is 0 Å². The van der Waals surface area contributed by atoms with Crippen molar-refractivity contribution in [1.29, 1.82) is 0 Å². The Morgan fingerprint density at radius 3 is 2.84 bits per heavy atom. The minimum atomic E-state index is 0.0887. The molecule has 1 aliphatic rings. The van der Waals surface area contributed by atoms with Gasteiger partial charge in [-0.3, -0.25) is 4.79 Å². The van der Waals surface area contributed by atoms with Crippen molar-refractivity contribution in [2.75, 3.05) is 5.75 Å². The monoisotopic (exact) mass is 308 g/mol. The third-order valence-electron chi connectivity index (χ3n) is 2.72. The van der Waals surface area contributed by atoms with Gasteiger partial charge in [0.05, 0.1) is 4.58 Å². The molecule has 2 rings (SSSR count). The van der Waals surface area contributed by atoms with Crippen LogP contribution in [0.25, 0.3) is 0 Å². The third kappa shape index (κ3) is 3.94. The number of thioether (sulfide) groups is 3. The lowest BCUT2D eigenvalue weighted by molar-refractivity contribution is -0.107. The van der Waals surface area contributed by atoms with Gasteiger partial charge in [-0.05, 0) is 36.0 Å². The molecule has 0 aromatic heterocycles. The Labute approximate surface area is 127 Å². The molecule has 1 atom stereocenters. The maximum Gasteiger partial charge on any atom is 0.214 e. The van der Waals surface area contributed by atoms with Crippen LogP contribution in [0.3, 0.4) is 0 Å². The van der Waals surface area contributed by atoms with Gasteiger partial charge in [0.2, 0.25) is 5.12 Å². The average molecular weight is 308 g/mol. The second-order valence-electron chi connectivity index (χ2n) is 4.38. The Morgan fingerprint density at radius 2 is 2.16 bits per heavy atom. The van der Waals surface area contributed by atoms with Crippen LogP contribution in [0, 0.1) is 6.92 Å². The van der Waals surface area contributed by atoms with Gasteiger partial charge in [0.15, 0.2) is 0 Å². The number of carbonyl (C=O) groups is 1. The number of aryl methyl sites for hydroxylation is 1. The molecular weight excluding hydrogens is 292 g/mol. The molecule has 0 saturated carbocycles. The van der Waals surface area contributed by atoms with Gasteiger partial charge in [-0.2, -0.15) is 0 Å². The third-order valence-corrected chi connectivity index (χ3v) is 6.69. The van der Waals surface area contributed by atoms with Crippen LogP contribution in [0.5, 0.6) is 0 Å². The van der Waals surface area contributed by atoms with Crippen LogP contribution in [0.4, 0.5) is 0 Å². The van der Waals surface area contributed by atoms with E-state index in [1.165, 1.54) is 27.8 Å². The van der Waals surface area contributed by atoms with Gasteiger partial charge in [-0.15, -0.1) is 23.5 Å². The molecule has 1 heterocycles. The molecule has 0 spiro atoms. The Hall–Kier alpha value is -0.580. The van der Waals surface area contributed by atoms with Crippen molar-refractivity contribution < 1.29 is 4.79 Å². The molecule has 0 radical (unpaired) electrons. The molecule has 1 aliphatic heterocycles. The van der Waals surface area contributed by atoms with E-state index >= 15 is 0 Å². The lowest BCUT2D eigenvalue weighted by Crippen LogP contribution is -1.94. The summed E-state index contributed by atoms with van der Waals surface area (Å²) >= 11 is 5.03. The van der Waals surface area contributed by atoms with Crippen molar-refractivity contribution in [3.05, 3.63) is 57.9 Å². The van der Waals surface area contributed by atoms with Crippen molar-refractivity contribution in [1.82, 2.24) is 0 Å². The minimum absolute atomic E-state index is 0.0887. The zero-order chi connectivity index (χ0) is 13.8. The van der Waals surface area contributed by atoms with Gasteiger partial charge in [0, 0.05) is 10.7 Å². The molecule has 0 bridgehead atoms. The first-order chi connectivity index (χ1) is 9.08. The highest BCUT2D eigenvalue weighted by atomic mass is 32.2. The summed E-state index contributed by atoms with van der Waals surface area (Å²) in [4.78, 5) is 12.8. The molecule has 0 N–H and O–H groups in total. The zero-order valence-corrected chi connectivity index (χ0v) is 13.5. The number of rotatable bonds is 4. The van der Waals surface area contributed by atoms with E-state index in [4.69, 9.17) is 0 Å². The molecule has 0 fully saturated rings. The van der Waals surface area contributed by atoms with E-state index in [1.807, 2.05) is 23.5 Å². The molecule has 19 heavy (non-hydrogen) atoms. The van der Waals surface area contributed by atoms with Gasteiger partial charge >= 0.3 is 0 Å². The Balaban J connectivity index is 1.91. The van der Waals surface area contributed by atoms with Crippen LogP contribution >= 0.6 is 35.3 Å². The zero-order valence-electron chi connectivity index (χ0n) is 11.0. The normalized spacial score (nSPS) is 18.2. The minimum Gasteiger partial charge on any atom is -0.282 e. The molecule has 0 saturated heterocycles. The standard InChI is InChI=1S/C15H16OS3/c1-10(2)14(16)17-8-12-9-18-15(19-12)13-7-5-4-6-11(13)3/h4-7,9,15H,1,8H2,2-3H3. The summed E-state index contributed by atoms with van der Waals surface area (Å²) < 4.78 is 0.428. The lowest BCUT2D eigenvalue weighted by atomic mass is 10.1. The van der Waals surface area contributed by atoms with Crippen LogP contribution in [0.1, 0.15) is 22.6 Å². The van der Waals surface area contributed by atoms with Gasteiger partial charge in [-0.1, -0.05) is 42.6 Å². The van der Waals surface area contributed by atoms with Crippen LogP contribution in [0.15, 0.2) is 46.7 Å². The fourth-order valence-corrected chi connectivity index (χ4v) is 5.39. The van der Waals surface area contributed by atoms with Crippen molar-refractivity contribution in [2.45, 2.75) is 18.4 Å². The van der Waals surface area contributed by atoms with Gasteiger partial charge < -0.3 is 0 Å². The fourth-order valence-electron chi connectivity index (χ4n) is 1.65. The highest BCUT2D eigenvalue weighted by molar-refractivity contribution is 8.23.